The first-order valence-corrected chi connectivity index (χ1v) is 6.40. The van der Waals surface area contributed by atoms with Crippen molar-refractivity contribution in [3.63, 3.8) is 0 Å². The quantitative estimate of drug-likeness (QED) is 0.622. The van der Waals surface area contributed by atoms with Crippen molar-refractivity contribution >= 4 is 21.8 Å². The lowest BCUT2D eigenvalue weighted by Crippen LogP contribution is -2.39. The number of nitrogens with one attached hydrogen (secondary N) is 1. The van der Waals surface area contributed by atoms with Gasteiger partial charge < -0.3 is 15.2 Å². The molecule has 0 aliphatic carbocycles. The van der Waals surface area contributed by atoms with E-state index in [1.165, 1.54) is 0 Å². The lowest BCUT2D eigenvalue weighted by molar-refractivity contribution is -0.118. The van der Waals surface area contributed by atoms with E-state index >= 15 is 0 Å². The molecule has 0 aliphatic heterocycles. The van der Waals surface area contributed by atoms with Gasteiger partial charge in [0.2, 0.25) is 5.91 Å². The van der Waals surface area contributed by atoms with Gasteiger partial charge in [-0.15, -0.1) is 0 Å². The molecular weight excluding hydrogens is 298 g/mol. The van der Waals surface area contributed by atoms with E-state index in [2.05, 4.69) is 27.8 Å². The minimum atomic E-state index is -0.853. The fourth-order valence-corrected chi connectivity index (χ4v) is 1.55. The minimum Gasteiger partial charge on any atom is -0.476 e. The van der Waals surface area contributed by atoms with Crippen molar-refractivity contribution < 1.29 is 14.6 Å². The molecule has 98 valence electrons. The number of carbonyl (C=O) groups is 1. The molecule has 0 saturated heterocycles. The van der Waals surface area contributed by atoms with Crippen LogP contribution in [0.4, 0.5) is 0 Å². The number of hydrogen-bond acceptors (Lipinski definition) is 3. The molecule has 0 bridgehead atoms. The summed E-state index contributed by atoms with van der Waals surface area (Å²) < 4.78 is 5.46. The van der Waals surface area contributed by atoms with E-state index in [0.29, 0.717) is 11.3 Å². The lowest BCUT2D eigenvalue weighted by Gasteiger charge is -2.19. The van der Waals surface area contributed by atoms with Crippen molar-refractivity contribution in [2.75, 3.05) is 6.54 Å². The molecular formula is C13H16BrNO3. The van der Waals surface area contributed by atoms with Crippen molar-refractivity contribution in [2.45, 2.75) is 18.0 Å². The fraction of sp³-hybridized carbons (Fsp3) is 0.308. The number of amides is 1. The summed E-state index contributed by atoms with van der Waals surface area (Å²) in [7, 11) is 0. The second-order valence-corrected chi connectivity index (χ2v) is 4.74. The van der Waals surface area contributed by atoms with Crippen LogP contribution in [0.1, 0.15) is 6.92 Å². The molecule has 1 aromatic carbocycles. The van der Waals surface area contributed by atoms with Crippen molar-refractivity contribution in [3.05, 3.63) is 42.5 Å². The molecule has 2 atom stereocenters. The Balaban J connectivity index is 2.40. The van der Waals surface area contributed by atoms with Crippen LogP contribution in [0.25, 0.3) is 0 Å². The Morgan fingerprint density at radius 1 is 1.50 bits per heavy atom. The topological polar surface area (TPSA) is 58.6 Å². The third-order valence-electron chi connectivity index (χ3n) is 2.15. The van der Waals surface area contributed by atoms with Crippen LogP contribution in [0.2, 0.25) is 0 Å². The smallest absolute Gasteiger partial charge is 0.246 e. The minimum absolute atomic E-state index is 0.0917. The number of aliphatic hydroxyl groups is 1. The van der Waals surface area contributed by atoms with E-state index in [9.17, 15) is 9.90 Å². The highest BCUT2D eigenvalue weighted by molar-refractivity contribution is 9.09. The van der Waals surface area contributed by atoms with Crippen LogP contribution in [-0.4, -0.2) is 28.7 Å². The SMILES string of the molecule is C=C(C)C(=O)NCC(O)C(Br)Oc1ccccc1. The van der Waals surface area contributed by atoms with Crippen LogP contribution in [0.3, 0.4) is 0 Å². The third kappa shape index (κ3) is 4.89. The highest BCUT2D eigenvalue weighted by atomic mass is 79.9. The van der Waals surface area contributed by atoms with Gasteiger partial charge in [-0.2, -0.15) is 0 Å². The maximum atomic E-state index is 11.3. The van der Waals surface area contributed by atoms with Crippen LogP contribution in [0.15, 0.2) is 42.5 Å². The zero-order valence-corrected chi connectivity index (χ0v) is 11.7. The number of ether oxygens (including phenoxy) is 1. The molecule has 0 aromatic heterocycles. The van der Waals surface area contributed by atoms with Crippen LogP contribution in [-0.2, 0) is 4.79 Å². The highest BCUT2D eigenvalue weighted by Gasteiger charge is 2.18. The molecule has 0 fully saturated rings. The molecule has 0 aliphatic rings. The molecule has 1 aromatic rings. The number of carbonyl (C=O) groups excluding carboxylic acids is 1. The zero-order valence-electron chi connectivity index (χ0n) is 10.1. The fourth-order valence-electron chi connectivity index (χ4n) is 1.15. The molecule has 0 saturated carbocycles. The van der Waals surface area contributed by atoms with Gasteiger partial charge in [0.1, 0.15) is 11.9 Å². The van der Waals surface area contributed by atoms with Gasteiger partial charge in [-0.3, -0.25) is 4.79 Å². The van der Waals surface area contributed by atoms with Gasteiger partial charge in [-0.25, -0.2) is 0 Å². The number of para-hydroxylation sites is 1. The maximum absolute atomic E-state index is 11.3. The lowest BCUT2D eigenvalue weighted by atomic mass is 10.3. The van der Waals surface area contributed by atoms with Crippen LogP contribution >= 0.6 is 15.9 Å². The molecule has 0 heterocycles. The van der Waals surface area contributed by atoms with Crippen LogP contribution in [0, 0.1) is 0 Å². The summed E-state index contributed by atoms with van der Waals surface area (Å²) in [5.74, 6) is 0.359. The summed E-state index contributed by atoms with van der Waals surface area (Å²) >= 11 is 3.22. The predicted molar refractivity (Wildman–Crippen MR) is 73.6 cm³/mol. The molecule has 18 heavy (non-hydrogen) atoms. The number of aliphatic hydroxyl groups excluding tert-OH is 1. The molecule has 2 N–H and O–H groups in total. The van der Waals surface area contributed by atoms with Crippen molar-refractivity contribution in [2.24, 2.45) is 0 Å². The first-order valence-electron chi connectivity index (χ1n) is 5.48. The molecule has 4 nitrogen and oxygen atoms in total. The second-order valence-electron chi connectivity index (χ2n) is 3.84. The molecule has 0 radical (unpaired) electrons. The number of benzene rings is 1. The predicted octanol–water partition coefficient (Wildman–Crippen LogP) is 1.84. The first-order chi connectivity index (χ1) is 8.50. The van der Waals surface area contributed by atoms with Crippen LogP contribution in [0.5, 0.6) is 5.75 Å². The first kappa shape index (κ1) is 14.7. The molecule has 5 heteroatoms. The van der Waals surface area contributed by atoms with Gasteiger partial charge in [0, 0.05) is 12.1 Å². The van der Waals surface area contributed by atoms with E-state index in [-0.39, 0.29) is 12.5 Å². The number of hydrogen-bond donors (Lipinski definition) is 2. The summed E-state index contributed by atoms with van der Waals surface area (Å²) in [6.07, 6.45) is -0.853. The number of alkyl halides is 1. The largest absolute Gasteiger partial charge is 0.476 e. The average Bonchev–Trinajstić information content (AvgIpc) is 2.36. The summed E-state index contributed by atoms with van der Waals surface area (Å²) in [5.41, 5.74) is 0.400. The molecule has 1 rings (SSSR count). The van der Waals surface area contributed by atoms with Gasteiger partial charge in [0.25, 0.3) is 0 Å². The monoisotopic (exact) mass is 313 g/mol. The number of rotatable bonds is 6. The maximum Gasteiger partial charge on any atom is 0.246 e. The Hall–Kier alpha value is -1.33. The molecule has 2 unspecified atom stereocenters. The van der Waals surface area contributed by atoms with Crippen molar-refractivity contribution in [3.8, 4) is 5.75 Å². The summed E-state index contributed by atoms with van der Waals surface area (Å²) in [4.78, 5) is 11.3. The second kappa shape index (κ2) is 7.18. The van der Waals surface area contributed by atoms with Gasteiger partial charge >= 0.3 is 0 Å². The van der Waals surface area contributed by atoms with Gasteiger partial charge in [-0.1, -0.05) is 24.8 Å². The van der Waals surface area contributed by atoms with Crippen LogP contribution < -0.4 is 10.1 Å². The van der Waals surface area contributed by atoms with E-state index in [0.717, 1.165) is 0 Å². The Kier molecular flexibility index (Phi) is 5.88. The van der Waals surface area contributed by atoms with E-state index < -0.39 is 11.1 Å². The molecule has 0 spiro atoms. The van der Waals surface area contributed by atoms with Gasteiger partial charge in [0.05, 0.1) is 0 Å². The van der Waals surface area contributed by atoms with Crippen molar-refractivity contribution in [1.29, 1.82) is 0 Å². The summed E-state index contributed by atoms with van der Waals surface area (Å²) in [6.45, 7) is 5.21. The summed E-state index contributed by atoms with van der Waals surface area (Å²) in [6, 6.07) is 9.12. The Labute approximate surface area is 115 Å². The van der Waals surface area contributed by atoms with E-state index in [1.54, 1.807) is 19.1 Å². The number of halogens is 1. The summed E-state index contributed by atoms with van der Waals surface area (Å²) in [5, 5.41) is 11.8. The van der Waals surface area contributed by atoms with E-state index in [1.807, 2.05) is 18.2 Å². The highest BCUT2D eigenvalue weighted by Crippen LogP contribution is 2.15. The van der Waals surface area contributed by atoms with Crippen molar-refractivity contribution in [1.82, 2.24) is 5.32 Å². The third-order valence-corrected chi connectivity index (χ3v) is 2.95. The Morgan fingerprint density at radius 3 is 2.67 bits per heavy atom. The normalized spacial score (nSPS) is 13.5. The Bertz CT molecular complexity index is 408. The average molecular weight is 314 g/mol. The molecule has 1 amide bonds. The van der Waals surface area contributed by atoms with Gasteiger partial charge in [-0.05, 0) is 35.0 Å². The zero-order chi connectivity index (χ0) is 13.5. The van der Waals surface area contributed by atoms with E-state index in [4.69, 9.17) is 4.74 Å². The van der Waals surface area contributed by atoms with Gasteiger partial charge in [0.15, 0.2) is 5.01 Å². The Morgan fingerprint density at radius 2 is 2.11 bits per heavy atom. The standard InChI is InChI=1S/C13H16BrNO3/c1-9(2)13(17)15-8-11(16)12(14)18-10-6-4-3-5-7-10/h3-7,11-12,16H,1,8H2,2H3,(H,15,17).